The van der Waals surface area contributed by atoms with Gasteiger partial charge in [0.25, 0.3) is 0 Å². The van der Waals surface area contributed by atoms with E-state index in [0.29, 0.717) is 5.75 Å². The fourth-order valence-electron chi connectivity index (χ4n) is 2.56. The summed E-state index contributed by atoms with van der Waals surface area (Å²) in [5, 5.41) is 11.0. The second-order valence-corrected chi connectivity index (χ2v) is 5.80. The molecule has 2 heterocycles. The number of carbonyl (C=O) groups excluding carboxylic acids is 2. The summed E-state index contributed by atoms with van der Waals surface area (Å²) >= 11 is 0. The van der Waals surface area contributed by atoms with Crippen LogP contribution in [-0.2, 0) is 9.59 Å². The molecule has 0 bridgehead atoms. The van der Waals surface area contributed by atoms with Crippen LogP contribution in [0.3, 0.4) is 0 Å². The Kier molecular flexibility index (Phi) is 5.12. The largest absolute Gasteiger partial charge is 0.508 e. The number of ether oxygens (including phenoxy) is 2. The van der Waals surface area contributed by atoms with E-state index in [1.165, 1.54) is 13.8 Å². The van der Waals surface area contributed by atoms with E-state index in [9.17, 15) is 9.59 Å². The average molecular weight is 366 g/mol. The molecule has 27 heavy (non-hydrogen) atoms. The van der Waals surface area contributed by atoms with Gasteiger partial charge in [-0.1, -0.05) is 0 Å². The quantitative estimate of drug-likeness (QED) is 0.369. The Bertz CT molecular complexity index is 1060. The third-order valence-electron chi connectivity index (χ3n) is 3.66. The molecule has 7 heteroatoms. The van der Waals surface area contributed by atoms with Gasteiger partial charge in [0.2, 0.25) is 0 Å². The number of phenolic OH excluding ortho intramolecular Hbond substituents is 1. The summed E-state index contributed by atoms with van der Waals surface area (Å²) in [7, 11) is 0. The van der Waals surface area contributed by atoms with Crippen LogP contribution in [0.1, 0.15) is 13.8 Å². The number of esters is 2. The molecule has 0 atom stereocenters. The number of phenols is 1. The van der Waals surface area contributed by atoms with Gasteiger partial charge in [0.15, 0.2) is 11.5 Å². The summed E-state index contributed by atoms with van der Waals surface area (Å²) < 4.78 is 9.98. The van der Waals surface area contributed by atoms with Crippen LogP contribution in [0.4, 0.5) is 0 Å². The minimum atomic E-state index is -0.468. The van der Waals surface area contributed by atoms with Gasteiger partial charge in [-0.15, -0.1) is 0 Å². The third kappa shape index (κ3) is 4.46. The van der Waals surface area contributed by atoms with E-state index in [-0.39, 0.29) is 11.5 Å². The van der Waals surface area contributed by atoms with Crippen molar-refractivity contribution >= 4 is 33.7 Å². The molecule has 0 aliphatic rings. The van der Waals surface area contributed by atoms with E-state index >= 15 is 0 Å². The lowest BCUT2D eigenvalue weighted by molar-refractivity contribution is -0.134. The minimum Gasteiger partial charge on any atom is -0.508 e. The van der Waals surface area contributed by atoms with Crippen molar-refractivity contribution in [2.24, 2.45) is 0 Å². The zero-order valence-electron chi connectivity index (χ0n) is 14.8. The number of carbonyl (C=O) groups is 2. The molecule has 0 unspecified atom stereocenters. The predicted octanol–water partition coefficient (Wildman–Crippen LogP) is 3.89. The molecule has 0 saturated carbocycles. The Morgan fingerprint density at radius 1 is 0.778 bits per heavy atom. The van der Waals surface area contributed by atoms with E-state index in [1.54, 1.807) is 30.5 Å². The number of hydrogen-bond acceptors (Lipinski definition) is 5. The molecule has 0 aliphatic heterocycles. The Balaban J connectivity index is 0.000000177. The van der Waals surface area contributed by atoms with Crippen molar-refractivity contribution in [1.82, 2.24) is 9.97 Å². The lowest BCUT2D eigenvalue weighted by Crippen LogP contribution is -2.07. The summed E-state index contributed by atoms with van der Waals surface area (Å²) in [4.78, 5) is 27.9. The summed E-state index contributed by atoms with van der Waals surface area (Å²) in [6.45, 7) is 2.58. The smallest absolute Gasteiger partial charge is 0.308 e. The van der Waals surface area contributed by atoms with Crippen LogP contribution in [0.2, 0.25) is 0 Å². The number of fused-ring (bicyclic) bond motifs is 2. The number of H-pyrrole nitrogens is 2. The summed E-state index contributed by atoms with van der Waals surface area (Å²) in [6, 6.07) is 12.3. The Morgan fingerprint density at radius 2 is 1.33 bits per heavy atom. The number of nitrogens with one attached hydrogen (secondary N) is 2. The topological polar surface area (TPSA) is 104 Å². The number of aromatic amines is 2. The van der Waals surface area contributed by atoms with E-state index in [4.69, 9.17) is 14.6 Å². The summed E-state index contributed by atoms with van der Waals surface area (Å²) in [5.41, 5.74) is 1.78. The number of rotatable bonds is 2. The molecule has 2 aromatic carbocycles. The third-order valence-corrected chi connectivity index (χ3v) is 3.66. The molecule has 0 spiro atoms. The van der Waals surface area contributed by atoms with Crippen molar-refractivity contribution < 1.29 is 24.2 Å². The van der Waals surface area contributed by atoms with Crippen LogP contribution in [0.25, 0.3) is 21.8 Å². The molecular weight excluding hydrogens is 348 g/mol. The van der Waals surface area contributed by atoms with Crippen LogP contribution >= 0.6 is 0 Å². The van der Waals surface area contributed by atoms with Crippen LogP contribution in [0.15, 0.2) is 54.9 Å². The first kappa shape index (κ1) is 18.1. The first-order valence-corrected chi connectivity index (χ1v) is 8.16. The molecule has 0 saturated heterocycles. The highest BCUT2D eigenvalue weighted by atomic mass is 16.6. The van der Waals surface area contributed by atoms with E-state index in [2.05, 4.69) is 9.97 Å². The fourth-order valence-corrected chi connectivity index (χ4v) is 2.56. The number of aromatic nitrogens is 2. The number of hydrogen-bond donors (Lipinski definition) is 3. The Morgan fingerprint density at radius 3 is 1.96 bits per heavy atom. The normalized spacial score (nSPS) is 10.3. The van der Waals surface area contributed by atoms with Crippen molar-refractivity contribution in [3.8, 4) is 17.2 Å². The van der Waals surface area contributed by atoms with Crippen LogP contribution in [-0.4, -0.2) is 27.0 Å². The molecule has 2 aromatic heterocycles. The van der Waals surface area contributed by atoms with Crippen molar-refractivity contribution in [2.45, 2.75) is 13.8 Å². The van der Waals surface area contributed by atoms with Gasteiger partial charge in [-0.05, 0) is 35.7 Å². The van der Waals surface area contributed by atoms with Crippen LogP contribution in [0, 0.1) is 0 Å². The molecule has 4 aromatic rings. The maximum Gasteiger partial charge on any atom is 0.308 e. The fraction of sp³-hybridized carbons (Fsp3) is 0.100. The van der Waals surface area contributed by atoms with Crippen LogP contribution in [0.5, 0.6) is 17.2 Å². The molecule has 0 amide bonds. The average Bonchev–Trinajstić information content (AvgIpc) is 3.22. The van der Waals surface area contributed by atoms with Crippen LogP contribution < -0.4 is 9.47 Å². The van der Waals surface area contributed by atoms with Gasteiger partial charge < -0.3 is 24.5 Å². The van der Waals surface area contributed by atoms with Gasteiger partial charge >= 0.3 is 11.9 Å². The second kappa shape index (κ2) is 7.65. The standard InChI is InChI=1S/C12H11NO4.C8H7NO/c1-7(14)16-11-5-9-3-4-13-10(9)6-12(11)17-8(2)15;10-7-2-1-6-3-4-9-8(6)5-7/h3-6,13H,1-2H3;1-5,9-10H. The van der Waals surface area contributed by atoms with Gasteiger partial charge in [-0.2, -0.15) is 0 Å². The van der Waals surface area contributed by atoms with Crippen molar-refractivity contribution in [3.63, 3.8) is 0 Å². The zero-order valence-corrected chi connectivity index (χ0v) is 14.8. The highest BCUT2D eigenvalue weighted by Gasteiger charge is 2.12. The van der Waals surface area contributed by atoms with Gasteiger partial charge in [-0.25, -0.2) is 0 Å². The molecule has 138 valence electrons. The van der Waals surface area contributed by atoms with Gasteiger partial charge in [-0.3, -0.25) is 9.59 Å². The van der Waals surface area contributed by atoms with Gasteiger partial charge in [0, 0.05) is 54.8 Å². The Hall–Kier alpha value is -3.74. The highest BCUT2D eigenvalue weighted by molar-refractivity contribution is 5.86. The summed E-state index contributed by atoms with van der Waals surface area (Å²) in [6.07, 6.45) is 3.60. The molecular formula is C20H18N2O5. The monoisotopic (exact) mass is 366 g/mol. The lowest BCUT2D eigenvalue weighted by atomic mass is 10.2. The Labute approximate surface area is 154 Å². The van der Waals surface area contributed by atoms with E-state index in [0.717, 1.165) is 21.8 Å². The second-order valence-electron chi connectivity index (χ2n) is 5.80. The van der Waals surface area contributed by atoms with Crippen molar-refractivity contribution in [1.29, 1.82) is 0 Å². The summed E-state index contributed by atoms with van der Waals surface area (Å²) in [5.74, 6) is -0.171. The zero-order chi connectivity index (χ0) is 19.4. The van der Waals surface area contributed by atoms with Crippen molar-refractivity contribution in [2.75, 3.05) is 0 Å². The molecule has 4 rings (SSSR count). The molecule has 3 N–H and O–H groups in total. The maximum atomic E-state index is 11.0. The molecule has 0 fully saturated rings. The first-order valence-electron chi connectivity index (χ1n) is 8.16. The van der Waals surface area contributed by atoms with E-state index in [1.807, 2.05) is 24.4 Å². The highest BCUT2D eigenvalue weighted by Crippen LogP contribution is 2.32. The molecule has 0 aliphatic carbocycles. The minimum absolute atomic E-state index is 0.225. The molecule has 7 nitrogen and oxygen atoms in total. The number of benzene rings is 2. The van der Waals surface area contributed by atoms with E-state index < -0.39 is 11.9 Å². The predicted molar refractivity (Wildman–Crippen MR) is 101 cm³/mol. The van der Waals surface area contributed by atoms with Gasteiger partial charge in [0.05, 0.1) is 0 Å². The van der Waals surface area contributed by atoms with Crippen molar-refractivity contribution in [3.05, 3.63) is 54.9 Å². The maximum absolute atomic E-state index is 11.0. The van der Waals surface area contributed by atoms with Gasteiger partial charge in [0.1, 0.15) is 5.75 Å². The molecule has 0 radical (unpaired) electrons. The number of aromatic hydroxyl groups is 1. The lowest BCUT2D eigenvalue weighted by Gasteiger charge is -2.08. The first-order chi connectivity index (χ1) is 12.9. The SMILES string of the molecule is CC(=O)Oc1cc2cc[nH]c2cc1OC(C)=O.Oc1ccc2cc[nH]c2c1.